The van der Waals surface area contributed by atoms with Gasteiger partial charge >= 0.3 is 0 Å². The van der Waals surface area contributed by atoms with Crippen LogP contribution in [0.25, 0.3) is 0 Å². The van der Waals surface area contributed by atoms with E-state index in [1.165, 1.54) is 16.4 Å². The minimum atomic E-state index is -3.57. The topological polar surface area (TPSA) is 90.3 Å². The first-order chi connectivity index (χ1) is 12.0. The van der Waals surface area contributed by atoms with Crippen LogP contribution < -0.4 is 5.32 Å². The number of nitrogens with one attached hydrogen (secondary N) is 1. The average Bonchev–Trinajstić information content (AvgIpc) is 3.17. The minimum Gasteiger partial charge on any atom is -0.322 e. The molecule has 0 aliphatic carbocycles. The molecule has 1 saturated heterocycles. The smallest absolute Gasteiger partial charge is 0.255 e. The Labute approximate surface area is 146 Å². The number of hydrogen-bond acceptors (Lipinski definition) is 4. The highest BCUT2D eigenvalue weighted by Crippen LogP contribution is 2.22. The van der Waals surface area contributed by atoms with Crippen molar-refractivity contribution in [1.29, 1.82) is 5.26 Å². The highest BCUT2D eigenvalue weighted by molar-refractivity contribution is 7.89. The number of benzene rings is 2. The molecule has 25 heavy (non-hydrogen) atoms. The zero-order chi connectivity index (χ0) is 17.9. The summed E-state index contributed by atoms with van der Waals surface area (Å²) in [4.78, 5) is 12.5. The molecule has 6 nitrogen and oxygen atoms in total. The van der Waals surface area contributed by atoms with Crippen LogP contribution in [0.4, 0.5) is 5.69 Å². The summed E-state index contributed by atoms with van der Waals surface area (Å²) in [7, 11) is -3.57. The van der Waals surface area contributed by atoms with Gasteiger partial charge in [0.05, 0.1) is 16.5 Å². The van der Waals surface area contributed by atoms with E-state index in [0.29, 0.717) is 24.3 Å². The molecule has 2 aromatic carbocycles. The normalized spacial score (nSPS) is 14.8. The summed E-state index contributed by atoms with van der Waals surface area (Å²) in [5, 5.41) is 11.6. The number of nitrogens with zero attached hydrogens (tertiary/aromatic N) is 2. The number of amides is 1. The number of nitriles is 1. The highest BCUT2D eigenvalue weighted by atomic mass is 32.2. The Morgan fingerprint density at radius 2 is 1.80 bits per heavy atom. The van der Waals surface area contributed by atoms with Crippen LogP contribution in [-0.4, -0.2) is 31.7 Å². The van der Waals surface area contributed by atoms with Crippen molar-refractivity contribution in [3.05, 3.63) is 59.7 Å². The quantitative estimate of drug-likeness (QED) is 0.913. The van der Waals surface area contributed by atoms with Gasteiger partial charge in [0.2, 0.25) is 10.0 Å². The van der Waals surface area contributed by atoms with Crippen LogP contribution in [0.2, 0.25) is 0 Å². The van der Waals surface area contributed by atoms with Gasteiger partial charge in [0.25, 0.3) is 5.91 Å². The van der Waals surface area contributed by atoms with E-state index in [0.717, 1.165) is 12.8 Å². The molecule has 1 heterocycles. The van der Waals surface area contributed by atoms with Crippen molar-refractivity contribution in [3.8, 4) is 6.07 Å². The van der Waals surface area contributed by atoms with E-state index in [4.69, 9.17) is 5.26 Å². The number of rotatable bonds is 4. The van der Waals surface area contributed by atoms with Crippen LogP contribution in [0.5, 0.6) is 0 Å². The Morgan fingerprint density at radius 3 is 2.52 bits per heavy atom. The summed E-state index contributed by atoms with van der Waals surface area (Å²) in [6, 6.07) is 14.5. The molecule has 7 heteroatoms. The zero-order valence-electron chi connectivity index (χ0n) is 13.5. The predicted octanol–water partition coefficient (Wildman–Crippen LogP) is 2.60. The fraction of sp³-hybridized carbons (Fsp3) is 0.222. The van der Waals surface area contributed by atoms with Crippen molar-refractivity contribution < 1.29 is 13.2 Å². The van der Waals surface area contributed by atoms with Gasteiger partial charge in [0, 0.05) is 24.3 Å². The van der Waals surface area contributed by atoms with Crippen molar-refractivity contribution in [1.82, 2.24) is 4.31 Å². The fourth-order valence-corrected chi connectivity index (χ4v) is 4.31. The lowest BCUT2D eigenvalue weighted by molar-refractivity contribution is 0.102. The van der Waals surface area contributed by atoms with Crippen LogP contribution in [0.15, 0.2) is 53.4 Å². The molecule has 0 radical (unpaired) electrons. The Balaban J connectivity index is 1.83. The zero-order valence-corrected chi connectivity index (χ0v) is 14.3. The molecule has 0 bridgehead atoms. The monoisotopic (exact) mass is 355 g/mol. The first-order valence-corrected chi connectivity index (χ1v) is 9.36. The Bertz CT molecular complexity index is 942. The van der Waals surface area contributed by atoms with Gasteiger partial charge in [-0.05, 0) is 49.2 Å². The SMILES string of the molecule is N#Cc1cccc(NC(=O)c2cccc(S(=O)(=O)N3CCCC3)c2)c1. The Hall–Kier alpha value is -2.69. The van der Waals surface area contributed by atoms with Gasteiger partial charge in [-0.15, -0.1) is 0 Å². The number of hydrogen-bond donors (Lipinski definition) is 1. The summed E-state index contributed by atoms with van der Waals surface area (Å²) < 4.78 is 26.7. The van der Waals surface area contributed by atoms with Crippen molar-refractivity contribution in [2.75, 3.05) is 18.4 Å². The number of sulfonamides is 1. The lowest BCUT2D eigenvalue weighted by atomic mass is 10.2. The standard InChI is InChI=1S/C18H17N3O3S/c19-13-14-5-3-7-16(11-14)20-18(22)15-6-4-8-17(12-15)25(23,24)21-9-1-2-10-21/h3-8,11-12H,1-2,9-10H2,(H,20,22). The maximum absolute atomic E-state index is 12.6. The van der Waals surface area contributed by atoms with E-state index >= 15 is 0 Å². The molecule has 0 atom stereocenters. The van der Waals surface area contributed by atoms with E-state index in [9.17, 15) is 13.2 Å². The van der Waals surface area contributed by atoms with Crippen molar-refractivity contribution >= 4 is 21.6 Å². The van der Waals surface area contributed by atoms with E-state index in [1.807, 2.05) is 6.07 Å². The predicted molar refractivity (Wildman–Crippen MR) is 93.5 cm³/mol. The van der Waals surface area contributed by atoms with Crippen LogP contribution in [0, 0.1) is 11.3 Å². The summed E-state index contributed by atoms with van der Waals surface area (Å²) in [6.07, 6.45) is 1.71. The summed E-state index contributed by atoms with van der Waals surface area (Å²) in [5.74, 6) is -0.423. The minimum absolute atomic E-state index is 0.118. The molecule has 1 fully saturated rings. The average molecular weight is 355 g/mol. The number of anilines is 1. The molecular formula is C18H17N3O3S. The first kappa shape index (κ1) is 17.1. The third-order valence-electron chi connectivity index (χ3n) is 4.05. The van der Waals surface area contributed by atoms with E-state index < -0.39 is 15.9 Å². The second-order valence-electron chi connectivity index (χ2n) is 5.79. The molecule has 1 N–H and O–H groups in total. The van der Waals surface area contributed by atoms with Crippen molar-refractivity contribution in [3.63, 3.8) is 0 Å². The highest BCUT2D eigenvalue weighted by Gasteiger charge is 2.27. The van der Waals surface area contributed by atoms with Gasteiger partial charge in [-0.25, -0.2) is 8.42 Å². The molecule has 0 saturated carbocycles. The summed E-state index contributed by atoms with van der Waals surface area (Å²) >= 11 is 0. The molecule has 1 aliphatic rings. The second kappa shape index (κ2) is 7.05. The van der Waals surface area contributed by atoms with E-state index in [1.54, 1.807) is 36.4 Å². The lowest BCUT2D eigenvalue weighted by Gasteiger charge is -2.16. The Kier molecular flexibility index (Phi) is 4.83. The molecular weight excluding hydrogens is 338 g/mol. The van der Waals surface area contributed by atoms with Gasteiger partial charge in [0.1, 0.15) is 0 Å². The summed E-state index contributed by atoms with van der Waals surface area (Å²) in [5.41, 5.74) is 1.17. The molecule has 0 spiro atoms. The van der Waals surface area contributed by atoms with Crippen molar-refractivity contribution in [2.24, 2.45) is 0 Å². The molecule has 0 aromatic heterocycles. The maximum Gasteiger partial charge on any atom is 0.255 e. The number of carbonyl (C=O) groups excluding carboxylic acids is 1. The van der Waals surface area contributed by atoms with Crippen molar-refractivity contribution in [2.45, 2.75) is 17.7 Å². The van der Waals surface area contributed by atoms with Gasteiger partial charge < -0.3 is 5.32 Å². The third kappa shape index (κ3) is 3.71. The summed E-state index contributed by atoms with van der Waals surface area (Å²) in [6.45, 7) is 1.03. The van der Waals surface area contributed by atoms with E-state index in [2.05, 4.69) is 5.32 Å². The molecule has 2 aromatic rings. The Morgan fingerprint density at radius 1 is 1.08 bits per heavy atom. The fourth-order valence-electron chi connectivity index (χ4n) is 2.75. The van der Waals surface area contributed by atoms with Crippen LogP contribution in [0.1, 0.15) is 28.8 Å². The maximum atomic E-state index is 12.6. The largest absolute Gasteiger partial charge is 0.322 e. The molecule has 1 aliphatic heterocycles. The van der Waals surface area contributed by atoms with Gasteiger partial charge in [-0.1, -0.05) is 12.1 Å². The van der Waals surface area contributed by atoms with E-state index in [-0.39, 0.29) is 10.5 Å². The van der Waals surface area contributed by atoms with Gasteiger partial charge in [-0.3, -0.25) is 4.79 Å². The number of carbonyl (C=O) groups is 1. The molecule has 3 rings (SSSR count). The van der Waals surface area contributed by atoms with Gasteiger partial charge in [0.15, 0.2) is 0 Å². The van der Waals surface area contributed by atoms with Crippen LogP contribution >= 0.6 is 0 Å². The van der Waals surface area contributed by atoms with Crippen LogP contribution in [-0.2, 0) is 10.0 Å². The molecule has 1 amide bonds. The molecule has 0 unspecified atom stereocenters. The third-order valence-corrected chi connectivity index (χ3v) is 5.94. The molecule has 128 valence electrons. The first-order valence-electron chi connectivity index (χ1n) is 7.92. The second-order valence-corrected chi connectivity index (χ2v) is 7.72. The van der Waals surface area contributed by atoms with Gasteiger partial charge in [-0.2, -0.15) is 9.57 Å². The van der Waals surface area contributed by atoms with Crippen LogP contribution in [0.3, 0.4) is 0 Å². The lowest BCUT2D eigenvalue weighted by Crippen LogP contribution is -2.28.